The van der Waals surface area contributed by atoms with Gasteiger partial charge < -0.3 is 9.84 Å². The summed E-state index contributed by atoms with van der Waals surface area (Å²) in [5.41, 5.74) is -0.369. The number of para-hydroxylation sites is 1. The number of hydrogen-bond acceptors (Lipinski definition) is 6. The van der Waals surface area contributed by atoms with Crippen molar-refractivity contribution in [3.05, 3.63) is 36.2 Å². The largest absolute Gasteiger partial charge is 0.457 e. The lowest BCUT2D eigenvalue weighted by molar-refractivity contribution is -0.197. The first-order valence-electron chi connectivity index (χ1n) is 9.28. The molecule has 0 spiro atoms. The molecule has 4 aliphatic carbocycles. The number of benzene rings is 1. The Labute approximate surface area is 151 Å². The van der Waals surface area contributed by atoms with Crippen LogP contribution in [0.5, 0.6) is 0 Å². The number of tetrazole rings is 1. The number of hydrogen-bond donors (Lipinski definition) is 1. The molecule has 2 aromatic rings. The van der Waals surface area contributed by atoms with Crippen LogP contribution < -0.4 is 0 Å². The number of carbonyl (C=O) groups excluding carboxylic acids is 1. The van der Waals surface area contributed by atoms with Gasteiger partial charge in [-0.05, 0) is 72.9 Å². The van der Waals surface area contributed by atoms with E-state index in [0.29, 0.717) is 24.1 Å². The van der Waals surface area contributed by atoms with Crippen molar-refractivity contribution in [1.29, 1.82) is 0 Å². The van der Waals surface area contributed by atoms with E-state index in [0.717, 1.165) is 37.8 Å². The SMILES string of the molecule is O=C(OCc1nnnn1-c1ccccc1)C12CC3CC(CC(O)(C3)C1)C2. The average Bonchev–Trinajstić information content (AvgIpc) is 3.07. The number of aromatic nitrogens is 4. The molecule has 4 aliphatic rings. The van der Waals surface area contributed by atoms with E-state index < -0.39 is 11.0 Å². The number of aliphatic hydroxyl groups is 1. The Hall–Kier alpha value is -2.28. The van der Waals surface area contributed by atoms with Gasteiger partial charge in [-0.3, -0.25) is 4.79 Å². The molecule has 0 saturated heterocycles. The summed E-state index contributed by atoms with van der Waals surface area (Å²) >= 11 is 0. The maximum Gasteiger partial charge on any atom is 0.312 e. The van der Waals surface area contributed by atoms with E-state index >= 15 is 0 Å². The zero-order valence-electron chi connectivity index (χ0n) is 14.5. The average molecular weight is 354 g/mol. The summed E-state index contributed by atoms with van der Waals surface area (Å²) < 4.78 is 7.25. The van der Waals surface area contributed by atoms with Crippen molar-refractivity contribution < 1.29 is 14.6 Å². The first-order valence-corrected chi connectivity index (χ1v) is 9.28. The fraction of sp³-hybridized carbons (Fsp3) is 0.579. The van der Waals surface area contributed by atoms with Crippen LogP contribution in [-0.2, 0) is 16.1 Å². The molecular formula is C19H22N4O3. The molecule has 7 heteroatoms. The van der Waals surface area contributed by atoms with Gasteiger partial charge in [0.05, 0.1) is 16.7 Å². The van der Waals surface area contributed by atoms with Crippen molar-refractivity contribution in [3.8, 4) is 5.69 Å². The Balaban J connectivity index is 1.33. The van der Waals surface area contributed by atoms with Crippen LogP contribution in [0.2, 0.25) is 0 Å². The Morgan fingerprint density at radius 3 is 2.62 bits per heavy atom. The van der Waals surface area contributed by atoms with E-state index in [4.69, 9.17) is 4.74 Å². The number of nitrogens with zero attached hydrogens (tertiary/aromatic N) is 4. The fourth-order valence-electron chi connectivity index (χ4n) is 5.80. The van der Waals surface area contributed by atoms with Crippen molar-refractivity contribution in [3.63, 3.8) is 0 Å². The van der Waals surface area contributed by atoms with Crippen LogP contribution in [-0.4, -0.2) is 36.9 Å². The summed E-state index contributed by atoms with van der Waals surface area (Å²) in [4.78, 5) is 13.0. The minimum atomic E-state index is -0.672. The van der Waals surface area contributed by atoms with Crippen molar-refractivity contribution in [2.75, 3.05) is 0 Å². The Morgan fingerprint density at radius 2 is 1.92 bits per heavy atom. The van der Waals surface area contributed by atoms with E-state index in [1.165, 1.54) is 0 Å². The van der Waals surface area contributed by atoms with Gasteiger partial charge in [-0.15, -0.1) is 5.10 Å². The summed E-state index contributed by atoms with van der Waals surface area (Å²) in [5, 5.41) is 22.5. The van der Waals surface area contributed by atoms with Crippen LogP contribution in [0.4, 0.5) is 0 Å². The Bertz CT molecular complexity index is 820. The third-order valence-corrected chi connectivity index (χ3v) is 6.33. The fourth-order valence-corrected chi connectivity index (χ4v) is 5.80. The highest BCUT2D eigenvalue weighted by atomic mass is 16.5. The van der Waals surface area contributed by atoms with Crippen LogP contribution >= 0.6 is 0 Å². The number of rotatable bonds is 4. The van der Waals surface area contributed by atoms with Crippen molar-refractivity contribution in [2.24, 2.45) is 17.3 Å². The van der Waals surface area contributed by atoms with E-state index in [1.807, 2.05) is 30.3 Å². The van der Waals surface area contributed by atoms with Crippen LogP contribution in [0.25, 0.3) is 5.69 Å². The van der Waals surface area contributed by atoms with E-state index in [-0.39, 0.29) is 12.6 Å². The van der Waals surface area contributed by atoms with Gasteiger partial charge in [0, 0.05) is 0 Å². The minimum Gasteiger partial charge on any atom is -0.457 e. The highest BCUT2D eigenvalue weighted by molar-refractivity contribution is 5.77. The minimum absolute atomic E-state index is 0.0379. The molecule has 0 amide bonds. The summed E-state index contributed by atoms with van der Waals surface area (Å²) in [5.74, 6) is 1.19. The standard InChI is InChI=1S/C19H22N4O3/c24-17(18-7-13-6-14(8-18)10-19(25,9-13)12-18)26-11-16-20-21-22-23(16)15-4-2-1-3-5-15/h1-5,13-14,25H,6-12H2. The van der Waals surface area contributed by atoms with Gasteiger partial charge in [0.25, 0.3) is 0 Å². The molecule has 2 atom stereocenters. The molecule has 4 fully saturated rings. The smallest absolute Gasteiger partial charge is 0.312 e. The molecule has 136 valence electrons. The third kappa shape index (κ3) is 2.53. The molecule has 1 aromatic heterocycles. The lowest BCUT2D eigenvalue weighted by Crippen LogP contribution is -2.58. The molecule has 1 aromatic carbocycles. The number of ether oxygens (including phenoxy) is 1. The molecule has 4 bridgehead atoms. The molecule has 0 aliphatic heterocycles. The molecular weight excluding hydrogens is 332 g/mol. The first kappa shape index (κ1) is 15.9. The molecule has 2 unspecified atom stereocenters. The topological polar surface area (TPSA) is 90.1 Å². The van der Waals surface area contributed by atoms with E-state index in [9.17, 15) is 9.90 Å². The lowest BCUT2D eigenvalue weighted by atomic mass is 9.48. The summed E-state index contributed by atoms with van der Waals surface area (Å²) in [6.45, 7) is 0.0379. The van der Waals surface area contributed by atoms with E-state index in [1.54, 1.807) is 4.68 Å². The highest BCUT2D eigenvalue weighted by Crippen LogP contribution is 2.62. The first-order chi connectivity index (χ1) is 12.6. The Morgan fingerprint density at radius 1 is 1.19 bits per heavy atom. The number of esters is 1. The molecule has 7 nitrogen and oxygen atoms in total. The maximum atomic E-state index is 13.0. The summed E-state index contributed by atoms with van der Waals surface area (Å²) in [6.07, 6.45) is 5.04. The van der Waals surface area contributed by atoms with Crippen molar-refractivity contribution in [2.45, 2.75) is 50.7 Å². The predicted octanol–water partition coefficient (Wildman–Crippen LogP) is 2.04. The maximum absolute atomic E-state index is 13.0. The summed E-state index contributed by atoms with van der Waals surface area (Å²) in [6, 6.07) is 9.53. The Kier molecular flexibility index (Phi) is 3.44. The molecule has 4 saturated carbocycles. The quantitative estimate of drug-likeness (QED) is 0.845. The molecule has 6 rings (SSSR count). The van der Waals surface area contributed by atoms with E-state index in [2.05, 4.69) is 15.5 Å². The highest BCUT2D eigenvalue weighted by Gasteiger charge is 2.60. The summed E-state index contributed by atoms with van der Waals surface area (Å²) in [7, 11) is 0. The van der Waals surface area contributed by atoms with Gasteiger partial charge >= 0.3 is 5.97 Å². The molecule has 1 N–H and O–H groups in total. The normalized spacial score (nSPS) is 34.8. The van der Waals surface area contributed by atoms with Crippen molar-refractivity contribution in [1.82, 2.24) is 20.2 Å². The van der Waals surface area contributed by atoms with Gasteiger partial charge in [0.1, 0.15) is 0 Å². The van der Waals surface area contributed by atoms with Crippen molar-refractivity contribution >= 4 is 5.97 Å². The van der Waals surface area contributed by atoms with Crippen LogP contribution in [0.15, 0.2) is 30.3 Å². The molecule has 0 radical (unpaired) electrons. The number of carbonyl (C=O) groups is 1. The van der Waals surface area contributed by atoms with Gasteiger partial charge in [-0.2, -0.15) is 4.68 Å². The second-order valence-corrected chi connectivity index (χ2v) is 8.38. The second-order valence-electron chi connectivity index (χ2n) is 8.38. The van der Waals surface area contributed by atoms with Gasteiger partial charge in [0.2, 0.25) is 0 Å². The van der Waals surface area contributed by atoms with Gasteiger partial charge in [-0.1, -0.05) is 18.2 Å². The predicted molar refractivity (Wildman–Crippen MR) is 91.0 cm³/mol. The lowest BCUT2D eigenvalue weighted by Gasteiger charge is -2.58. The van der Waals surface area contributed by atoms with Crippen LogP contribution in [0.3, 0.4) is 0 Å². The van der Waals surface area contributed by atoms with Crippen LogP contribution in [0, 0.1) is 17.3 Å². The van der Waals surface area contributed by atoms with Crippen LogP contribution in [0.1, 0.15) is 44.3 Å². The van der Waals surface area contributed by atoms with Gasteiger partial charge in [-0.25, -0.2) is 0 Å². The van der Waals surface area contributed by atoms with Gasteiger partial charge in [0.15, 0.2) is 12.4 Å². The monoisotopic (exact) mass is 354 g/mol. The zero-order chi connectivity index (χ0) is 17.8. The second kappa shape index (κ2) is 5.61. The zero-order valence-corrected chi connectivity index (χ0v) is 14.5. The molecule has 26 heavy (non-hydrogen) atoms. The molecule has 1 heterocycles. The third-order valence-electron chi connectivity index (χ3n) is 6.33.